The first-order valence-electron chi connectivity index (χ1n) is 9.67. The van der Waals surface area contributed by atoms with Gasteiger partial charge in [-0.15, -0.1) is 24.0 Å². The number of aliphatic imine (C=N–C) groups is 1. The fourth-order valence-corrected chi connectivity index (χ4v) is 3.51. The monoisotopic (exact) mass is 508 g/mol. The Hall–Kier alpha value is -2.29. The number of rotatable bonds is 6. The topological polar surface area (TPSA) is 80.0 Å². The fraction of sp³-hybridized carbons (Fsp3) is 0.364. The zero-order valence-corrected chi connectivity index (χ0v) is 19.0. The molecule has 1 aliphatic rings. The van der Waals surface area contributed by atoms with Crippen LogP contribution in [0.15, 0.2) is 59.6 Å². The summed E-state index contributed by atoms with van der Waals surface area (Å²) in [5, 5.41) is 2.99. The summed E-state index contributed by atoms with van der Waals surface area (Å²) in [6, 6.07) is 18.0. The van der Waals surface area contributed by atoms with E-state index in [4.69, 9.17) is 10.5 Å². The second kappa shape index (κ2) is 11.6. The number of anilines is 1. The number of halogens is 1. The van der Waals surface area contributed by atoms with Crippen LogP contribution in [-0.4, -0.2) is 43.5 Å². The minimum atomic E-state index is 0. The molecule has 3 N–H and O–H groups in total. The number of carbonyl (C=O) groups is 1. The van der Waals surface area contributed by atoms with Gasteiger partial charge < -0.3 is 20.7 Å². The van der Waals surface area contributed by atoms with Crippen molar-refractivity contribution in [2.45, 2.75) is 19.3 Å². The number of para-hydroxylation sites is 2. The number of guanidine groups is 1. The van der Waals surface area contributed by atoms with Gasteiger partial charge in [0.15, 0.2) is 5.96 Å². The Labute approximate surface area is 189 Å². The van der Waals surface area contributed by atoms with Gasteiger partial charge >= 0.3 is 0 Å². The van der Waals surface area contributed by atoms with Gasteiger partial charge in [0.1, 0.15) is 12.3 Å². The summed E-state index contributed by atoms with van der Waals surface area (Å²) in [4.78, 5) is 18.5. The van der Waals surface area contributed by atoms with Crippen molar-refractivity contribution in [2.75, 3.05) is 32.1 Å². The van der Waals surface area contributed by atoms with Crippen molar-refractivity contribution in [3.63, 3.8) is 0 Å². The number of methoxy groups -OCH3 is 1. The Bertz CT molecular complexity index is 805. The molecular weight excluding hydrogens is 479 g/mol. The molecule has 1 saturated heterocycles. The Morgan fingerprint density at radius 3 is 2.48 bits per heavy atom. The average Bonchev–Trinajstić information content (AvgIpc) is 2.74. The van der Waals surface area contributed by atoms with Crippen LogP contribution in [0.3, 0.4) is 0 Å². The van der Waals surface area contributed by atoms with Gasteiger partial charge in [0.25, 0.3) is 0 Å². The van der Waals surface area contributed by atoms with E-state index in [9.17, 15) is 4.79 Å². The normalized spacial score (nSPS) is 14.8. The van der Waals surface area contributed by atoms with Gasteiger partial charge in [-0.3, -0.25) is 4.79 Å². The van der Waals surface area contributed by atoms with Crippen molar-refractivity contribution in [3.05, 3.63) is 60.2 Å². The molecule has 0 radical (unpaired) electrons. The number of carbonyl (C=O) groups excluding carboxylic acids is 1. The van der Waals surface area contributed by atoms with E-state index in [0.29, 0.717) is 11.7 Å². The third-order valence-electron chi connectivity index (χ3n) is 5.09. The van der Waals surface area contributed by atoms with Gasteiger partial charge in [0, 0.05) is 13.1 Å². The molecule has 156 valence electrons. The minimum absolute atomic E-state index is 0. The van der Waals surface area contributed by atoms with Crippen LogP contribution >= 0.6 is 24.0 Å². The van der Waals surface area contributed by atoms with E-state index in [0.717, 1.165) is 38.0 Å². The number of nitrogens with zero attached hydrogens (tertiary/aromatic N) is 2. The van der Waals surface area contributed by atoms with Crippen LogP contribution in [0, 0.1) is 5.92 Å². The molecule has 0 spiro atoms. The fourth-order valence-electron chi connectivity index (χ4n) is 3.51. The zero-order chi connectivity index (χ0) is 19.8. The van der Waals surface area contributed by atoms with Gasteiger partial charge in [-0.05, 0) is 42.9 Å². The maximum absolute atomic E-state index is 12.5. The predicted octanol–water partition coefficient (Wildman–Crippen LogP) is 3.52. The minimum Gasteiger partial charge on any atom is -0.495 e. The second-order valence-corrected chi connectivity index (χ2v) is 7.04. The summed E-state index contributed by atoms with van der Waals surface area (Å²) in [5.74, 6) is 1.53. The highest BCUT2D eigenvalue weighted by Gasteiger charge is 2.22. The number of amides is 1. The Balaban J connectivity index is 0.00000300. The summed E-state index contributed by atoms with van der Waals surface area (Å²) in [7, 11) is 1.60. The van der Waals surface area contributed by atoms with E-state index in [1.165, 1.54) is 5.56 Å². The van der Waals surface area contributed by atoms with Crippen molar-refractivity contribution in [3.8, 4) is 5.75 Å². The van der Waals surface area contributed by atoms with Crippen LogP contribution in [0.1, 0.15) is 18.4 Å². The number of hydrogen-bond acceptors (Lipinski definition) is 3. The number of nitrogens with two attached hydrogens (primary N) is 1. The smallest absolute Gasteiger partial charge is 0.244 e. The number of benzene rings is 2. The summed E-state index contributed by atoms with van der Waals surface area (Å²) < 4.78 is 5.27. The average molecular weight is 508 g/mol. The molecule has 0 atom stereocenters. The van der Waals surface area contributed by atoms with Crippen molar-refractivity contribution in [2.24, 2.45) is 16.6 Å². The first kappa shape index (κ1) is 23.0. The number of likely N-dealkylation sites (tertiary alicyclic amines) is 1. The third kappa shape index (κ3) is 6.92. The standard InChI is InChI=1S/C22H28N4O2.HI/c1-28-20-10-6-5-9-19(20)25-22(23)24-16-21(27)26-13-11-18(12-14-26)15-17-7-3-2-4-8-17;/h2-10,18H,11-16H2,1H3,(H3,23,24,25);1H. The van der Waals surface area contributed by atoms with Crippen LogP contribution in [-0.2, 0) is 11.2 Å². The lowest BCUT2D eigenvalue weighted by Gasteiger charge is -2.31. The van der Waals surface area contributed by atoms with Crippen LogP contribution in [0.2, 0.25) is 0 Å². The van der Waals surface area contributed by atoms with Gasteiger partial charge in [0.05, 0.1) is 12.8 Å². The molecule has 1 amide bonds. The number of nitrogens with one attached hydrogen (secondary N) is 1. The number of hydrogen-bond donors (Lipinski definition) is 2. The van der Waals surface area contributed by atoms with Crippen LogP contribution < -0.4 is 15.8 Å². The summed E-state index contributed by atoms with van der Waals surface area (Å²) in [6.07, 6.45) is 3.13. The van der Waals surface area contributed by atoms with Crippen LogP contribution in [0.4, 0.5) is 5.69 Å². The second-order valence-electron chi connectivity index (χ2n) is 7.04. The molecule has 1 heterocycles. The molecule has 0 unspecified atom stereocenters. The van der Waals surface area contributed by atoms with E-state index in [1.54, 1.807) is 7.11 Å². The lowest BCUT2D eigenvalue weighted by molar-refractivity contribution is -0.130. The number of piperidine rings is 1. The van der Waals surface area contributed by atoms with Crippen molar-refractivity contribution < 1.29 is 9.53 Å². The SMILES string of the molecule is COc1ccccc1NC(N)=NCC(=O)N1CCC(Cc2ccccc2)CC1.I. The Morgan fingerprint density at radius 1 is 1.14 bits per heavy atom. The first-order chi connectivity index (χ1) is 13.7. The highest BCUT2D eigenvalue weighted by molar-refractivity contribution is 14.0. The largest absolute Gasteiger partial charge is 0.495 e. The van der Waals surface area contributed by atoms with Crippen molar-refractivity contribution in [1.29, 1.82) is 0 Å². The van der Waals surface area contributed by atoms with Gasteiger partial charge in [-0.1, -0.05) is 42.5 Å². The highest BCUT2D eigenvalue weighted by Crippen LogP contribution is 2.23. The molecule has 0 aromatic heterocycles. The molecule has 3 rings (SSSR count). The van der Waals surface area contributed by atoms with Crippen molar-refractivity contribution in [1.82, 2.24) is 4.90 Å². The Kier molecular flexibility index (Phi) is 9.24. The molecule has 29 heavy (non-hydrogen) atoms. The first-order valence-corrected chi connectivity index (χ1v) is 9.67. The van der Waals surface area contributed by atoms with E-state index < -0.39 is 0 Å². The molecule has 7 heteroatoms. The summed E-state index contributed by atoms with van der Waals surface area (Å²) in [5.41, 5.74) is 8.02. The molecule has 0 aliphatic carbocycles. The molecule has 0 saturated carbocycles. The molecule has 1 aliphatic heterocycles. The summed E-state index contributed by atoms with van der Waals surface area (Å²) in [6.45, 7) is 1.62. The maximum Gasteiger partial charge on any atom is 0.244 e. The van der Waals surface area contributed by atoms with Gasteiger partial charge in [-0.25, -0.2) is 4.99 Å². The molecule has 6 nitrogen and oxygen atoms in total. The van der Waals surface area contributed by atoms with Gasteiger partial charge in [0.2, 0.25) is 5.91 Å². The van der Waals surface area contributed by atoms with Crippen LogP contribution in [0.25, 0.3) is 0 Å². The molecule has 0 bridgehead atoms. The highest BCUT2D eigenvalue weighted by atomic mass is 127. The van der Waals surface area contributed by atoms with E-state index in [-0.39, 0.29) is 42.4 Å². The molecule has 1 fully saturated rings. The van der Waals surface area contributed by atoms with Crippen molar-refractivity contribution >= 4 is 41.5 Å². The lowest BCUT2D eigenvalue weighted by Crippen LogP contribution is -2.40. The number of ether oxygens (including phenoxy) is 1. The molecule has 2 aromatic rings. The zero-order valence-electron chi connectivity index (χ0n) is 16.7. The summed E-state index contributed by atoms with van der Waals surface area (Å²) >= 11 is 0. The lowest BCUT2D eigenvalue weighted by atomic mass is 9.90. The third-order valence-corrected chi connectivity index (χ3v) is 5.09. The quantitative estimate of drug-likeness (QED) is 0.356. The van der Waals surface area contributed by atoms with E-state index >= 15 is 0 Å². The Morgan fingerprint density at radius 2 is 1.79 bits per heavy atom. The predicted molar refractivity (Wildman–Crippen MR) is 128 cm³/mol. The van der Waals surface area contributed by atoms with E-state index in [1.807, 2.05) is 35.2 Å². The molecular formula is C22H29IN4O2. The van der Waals surface area contributed by atoms with Gasteiger partial charge in [-0.2, -0.15) is 0 Å². The maximum atomic E-state index is 12.5. The van der Waals surface area contributed by atoms with E-state index in [2.05, 4.69) is 34.6 Å². The van der Waals surface area contributed by atoms with Crippen LogP contribution in [0.5, 0.6) is 5.75 Å². The molecule has 2 aromatic carbocycles.